The number of carbonyl (C=O) groups is 3. The number of aromatic amines is 1. The number of hydrogen-bond donors (Lipinski definition) is 3. The number of nitrogens with zero attached hydrogens (tertiary/aromatic N) is 1. The van der Waals surface area contributed by atoms with Crippen molar-refractivity contribution in [2.45, 2.75) is 12.5 Å². The minimum atomic E-state index is -1.44. The summed E-state index contributed by atoms with van der Waals surface area (Å²) in [6.45, 7) is 0. The number of aromatic nitrogens is 2. The zero-order chi connectivity index (χ0) is 14.4. The second-order valence-corrected chi connectivity index (χ2v) is 3.45. The first kappa shape index (κ1) is 14.4. The third-order valence-corrected chi connectivity index (χ3v) is 2.11. The molecule has 1 atom stereocenters. The molecule has 9 heteroatoms. The van der Waals surface area contributed by atoms with Gasteiger partial charge in [-0.25, -0.2) is 9.89 Å². The van der Waals surface area contributed by atoms with Gasteiger partial charge in [-0.15, -0.1) is 0 Å². The molecule has 0 aromatic carbocycles. The number of carbonyl (C=O) groups excluding carboxylic acids is 2. The van der Waals surface area contributed by atoms with Gasteiger partial charge in [0.05, 0.1) is 13.5 Å². The lowest BCUT2D eigenvalue weighted by atomic mass is 10.2. The van der Waals surface area contributed by atoms with Crippen LogP contribution >= 0.6 is 0 Å². The standard InChI is InChI=1S/C10H11N3O6/c1-19-8(15)4-6(10(17)18)11-9(16)5-2-3-7(14)13-12-5/h2-3,6H,4H2,1H3,(H,11,16)(H,13,14)(H,17,18)/t6-/m0/s1. The zero-order valence-electron chi connectivity index (χ0n) is 9.87. The summed E-state index contributed by atoms with van der Waals surface area (Å²) in [6.07, 6.45) is -0.513. The van der Waals surface area contributed by atoms with Crippen molar-refractivity contribution in [1.82, 2.24) is 15.5 Å². The Labute approximate surface area is 106 Å². The number of esters is 1. The second-order valence-electron chi connectivity index (χ2n) is 3.45. The zero-order valence-corrected chi connectivity index (χ0v) is 9.87. The lowest BCUT2D eigenvalue weighted by molar-refractivity contribution is -0.147. The van der Waals surface area contributed by atoms with E-state index in [0.717, 1.165) is 19.2 Å². The van der Waals surface area contributed by atoms with E-state index in [9.17, 15) is 19.2 Å². The normalized spacial score (nSPS) is 11.4. The number of carboxylic acids is 1. The molecule has 0 aliphatic carbocycles. The fourth-order valence-corrected chi connectivity index (χ4v) is 1.15. The number of rotatable bonds is 5. The maximum Gasteiger partial charge on any atom is 0.326 e. The Morgan fingerprint density at radius 2 is 2.16 bits per heavy atom. The van der Waals surface area contributed by atoms with Crippen LogP contribution in [-0.2, 0) is 14.3 Å². The fourth-order valence-electron chi connectivity index (χ4n) is 1.15. The Morgan fingerprint density at radius 3 is 2.63 bits per heavy atom. The molecule has 102 valence electrons. The van der Waals surface area contributed by atoms with Crippen LogP contribution in [0.25, 0.3) is 0 Å². The van der Waals surface area contributed by atoms with Gasteiger partial charge in [-0.05, 0) is 6.07 Å². The number of hydrogen-bond acceptors (Lipinski definition) is 6. The van der Waals surface area contributed by atoms with Crippen molar-refractivity contribution in [2.24, 2.45) is 0 Å². The summed E-state index contributed by atoms with van der Waals surface area (Å²) in [5.74, 6) is -2.99. The Morgan fingerprint density at radius 1 is 1.47 bits per heavy atom. The maximum absolute atomic E-state index is 11.6. The Bertz CT molecular complexity index is 532. The van der Waals surface area contributed by atoms with Gasteiger partial charge in [0.25, 0.3) is 11.5 Å². The molecule has 1 aromatic heterocycles. The second kappa shape index (κ2) is 6.28. The number of methoxy groups -OCH3 is 1. The number of aliphatic carboxylic acids is 1. The lowest BCUT2D eigenvalue weighted by Gasteiger charge is -2.12. The van der Waals surface area contributed by atoms with E-state index < -0.39 is 35.9 Å². The van der Waals surface area contributed by atoms with E-state index in [1.165, 1.54) is 0 Å². The molecule has 9 nitrogen and oxygen atoms in total. The van der Waals surface area contributed by atoms with Crippen LogP contribution in [0.3, 0.4) is 0 Å². The van der Waals surface area contributed by atoms with Crippen LogP contribution in [0.15, 0.2) is 16.9 Å². The Hall–Kier alpha value is -2.71. The van der Waals surface area contributed by atoms with Crippen molar-refractivity contribution < 1.29 is 24.2 Å². The Balaban J connectivity index is 2.76. The lowest BCUT2D eigenvalue weighted by Crippen LogP contribution is -2.42. The van der Waals surface area contributed by atoms with Crippen LogP contribution in [-0.4, -0.2) is 46.3 Å². The average Bonchev–Trinajstić information content (AvgIpc) is 2.38. The highest BCUT2D eigenvalue weighted by Gasteiger charge is 2.24. The molecule has 19 heavy (non-hydrogen) atoms. The molecule has 0 spiro atoms. The van der Waals surface area contributed by atoms with Crippen molar-refractivity contribution in [3.8, 4) is 0 Å². The number of carboxylic acid groups (broad SMARTS) is 1. The van der Waals surface area contributed by atoms with Crippen LogP contribution in [0.4, 0.5) is 0 Å². The SMILES string of the molecule is COC(=O)C[C@H](NC(=O)c1ccc(=O)[nH]n1)C(=O)O. The summed E-state index contributed by atoms with van der Waals surface area (Å²) in [6, 6.07) is 0.761. The van der Waals surface area contributed by atoms with Crippen LogP contribution in [0.1, 0.15) is 16.9 Å². The van der Waals surface area contributed by atoms with E-state index in [1.807, 2.05) is 5.10 Å². The van der Waals surface area contributed by atoms with Gasteiger partial charge in [-0.2, -0.15) is 5.10 Å². The van der Waals surface area contributed by atoms with Gasteiger partial charge in [-0.3, -0.25) is 14.4 Å². The van der Waals surface area contributed by atoms with Gasteiger partial charge < -0.3 is 15.2 Å². The molecule has 0 fully saturated rings. The van der Waals surface area contributed by atoms with Gasteiger partial charge in [0.2, 0.25) is 0 Å². The molecule has 0 bridgehead atoms. The van der Waals surface area contributed by atoms with Gasteiger partial charge in [0.15, 0.2) is 0 Å². The summed E-state index contributed by atoms with van der Waals surface area (Å²) < 4.78 is 4.32. The molecular formula is C10H11N3O6. The summed E-state index contributed by atoms with van der Waals surface area (Å²) >= 11 is 0. The quantitative estimate of drug-likeness (QED) is 0.554. The van der Waals surface area contributed by atoms with Gasteiger partial charge >= 0.3 is 11.9 Å². The van der Waals surface area contributed by atoms with Gasteiger partial charge in [0.1, 0.15) is 11.7 Å². The van der Waals surface area contributed by atoms with E-state index in [4.69, 9.17) is 5.11 Å². The van der Waals surface area contributed by atoms with Crippen LogP contribution in [0.5, 0.6) is 0 Å². The highest BCUT2D eigenvalue weighted by atomic mass is 16.5. The van der Waals surface area contributed by atoms with E-state index in [-0.39, 0.29) is 5.69 Å². The highest BCUT2D eigenvalue weighted by Crippen LogP contribution is 1.98. The molecule has 0 unspecified atom stereocenters. The van der Waals surface area contributed by atoms with E-state index in [2.05, 4.69) is 15.2 Å². The van der Waals surface area contributed by atoms with Gasteiger partial charge in [0, 0.05) is 6.07 Å². The fraction of sp³-hybridized carbons (Fsp3) is 0.300. The molecular weight excluding hydrogens is 258 g/mol. The molecule has 1 heterocycles. The van der Waals surface area contributed by atoms with Crippen molar-refractivity contribution in [3.05, 3.63) is 28.2 Å². The molecule has 1 aromatic rings. The van der Waals surface area contributed by atoms with Gasteiger partial charge in [-0.1, -0.05) is 0 Å². The summed E-state index contributed by atoms with van der Waals surface area (Å²) in [7, 11) is 1.10. The number of amides is 1. The van der Waals surface area contributed by atoms with Crippen molar-refractivity contribution in [2.75, 3.05) is 7.11 Å². The maximum atomic E-state index is 11.6. The molecule has 0 saturated heterocycles. The third kappa shape index (κ3) is 4.22. The minimum Gasteiger partial charge on any atom is -0.480 e. The average molecular weight is 269 g/mol. The predicted molar refractivity (Wildman–Crippen MR) is 60.4 cm³/mol. The monoisotopic (exact) mass is 269 g/mol. The topological polar surface area (TPSA) is 138 Å². The van der Waals surface area contributed by atoms with Crippen molar-refractivity contribution in [1.29, 1.82) is 0 Å². The summed E-state index contributed by atoms with van der Waals surface area (Å²) in [5, 5.41) is 16.4. The van der Waals surface area contributed by atoms with Crippen LogP contribution in [0.2, 0.25) is 0 Å². The third-order valence-electron chi connectivity index (χ3n) is 2.11. The summed E-state index contributed by atoms with van der Waals surface area (Å²) in [4.78, 5) is 44.2. The molecule has 1 amide bonds. The van der Waals surface area contributed by atoms with E-state index >= 15 is 0 Å². The molecule has 0 aliphatic heterocycles. The summed E-state index contributed by atoms with van der Waals surface area (Å²) in [5.41, 5.74) is -0.670. The van der Waals surface area contributed by atoms with Crippen molar-refractivity contribution in [3.63, 3.8) is 0 Å². The first-order valence-electron chi connectivity index (χ1n) is 5.10. The van der Waals surface area contributed by atoms with E-state index in [1.54, 1.807) is 0 Å². The molecule has 0 aliphatic rings. The number of H-pyrrole nitrogens is 1. The predicted octanol–water partition coefficient (Wildman–Crippen LogP) is -1.48. The van der Waals surface area contributed by atoms with E-state index in [0.29, 0.717) is 0 Å². The minimum absolute atomic E-state index is 0.171. The first-order chi connectivity index (χ1) is 8.93. The first-order valence-corrected chi connectivity index (χ1v) is 5.10. The van der Waals surface area contributed by atoms with Crippen LogP contribution in [0, 0.1) is 0 Å². The van der Waals surface area contributed by atoms with Crippen LogP contribution < -0.4 is 10.9 Å². The molecule has 0 radical (unpaired) electrons. The molecule has 3 N–H and O–H groups in total. The highest BCUT2D eigenvalue weighted by molar-refractivity contribution is 5.95. The largest absolute Gasteiger partial charge is 0.480 e. The number of ether oxygens (including phenoxy) is 1. The number of nitrogens with one attached hydrogen (secondary N) is 2. The smallest absolute Gasteiger partial charge is 0.326 e. The molecule has 1 rings (SSSR count). The Kier molecular flexibility index (Phi) is 4.75. The molecule has 0 saturated carbocycles. The van der Waals surface area contributed by atoms with Crippen molar-refractivity contribution >= 4 is 17.8 Å².